The van der Waals surface area contributed by atoms with Crippen molar-refractivity contribution in [1.82, 2.24) is 10.2 Å². The molecule has 6 heteroatoms. The Bertz CT molecular complexity index is 313. The zero-order valence-electron chi connectivity index (χ0n) is 14.4. The summed E-state index contributed by atoms with van der Waals surface area (Å²) < 4.78 is 0. The molecule has 0 aliphatic rings. The van der Waals surface area contributed by atoms with Gasteiger partial charge in [-0.15, -0.1) is 6.58 Å². The number of carboxylic acid groups (broad SMARTS) is 1. The van der Waals surface area contributed by atoms with Crippen molar-refractivity contribution < 1.29 is 20.1 Å². The molecule has 2 atom stereocenters. The molecular formula is C17H34N2O4. The maximum atomic E-state index is 10.7. The van der Waals surface area contributed by atoms with E-state index in [-0.39, 0.29) is 6.42 Å². The van der Waals surface area contributed by atoms with Crippen LogP contribution in [0.25, 0.3) is 0 Å². The van der Waals surface area contributed by atoms with Gasteiger partial charge < -0.3 is 20.6 Å². The molecule has 0 aromatic carbocycles. The van der Waals surface area contributed by atoms with E-state index in [1.807, 2.05) is 4.90 Å². The second kappa shape index (κ2) is 14.6. The third-order valence-electron chi connectivity index (χ3n) is 3.69. The Hall–Kier alpha value is -0.950. The number of nitrogens with one attached hydrogen (secondary N) is 1. The monoisotopic (exact) mass is 330 g/mol. The third kappa shape index (κ3) is 14.4. The first-order valence-corrected chi connectivity index (χ1v) is 8.61. The zero-order chi connectivity index (χ0) is 17.5. The molecule has 0 aromatic heterocycles. The van der Waals surface area contributed by atoms with Crippen LogP contribution in [0, 0.1) is 0 Å². The van der Waals surface area contributed by atoms with Crippen LogP contribution in [0.3, 0.4) is 0 Å². The summed E-state index contributed by atoms with van der Waals surface area (Å²) >= 11 is 0. The molecule has 0 rings (SSSR count). The fourth-order valence-corrected chi connectivity index (χ4v) is 2.30. The van der Waals surface area contributed by atoms with Gasteiger partial charge in [-0.05, 0) is 19.3 Å². The second-order valence-corrected chi connectivity index (χ2v) is 5.96. The van der Waals surface area contributed by atoms with Crippen LogP contribution in [0.1, 0.15) is 45.4 Å². The first-order valence-electron chi connectivity index (χ1n) is 8.61. The largest absolute Gasteiger partial charge is 0.481 e. The summed E-state index contributed by atoms with van der Waals surface area (Å²) in [7, 11) is 0. The fraction of sp³-hybridized carbons (Fsp3) is 0.824. The Kier molecular flexibility index (Phi) is 14.0. The summed E-state index contributed by atoms with van der Waals surface area (Å²) in [4.78, 5) is 12.7. The molecule has 0 amide bonds. The Morgan fingerprint density at radius 3 is 2.61 bits per heavy atom. The quantitative estimate of drug-likeness (QED) is 0.251. The molecule has 6 nitrogen and oxygen atoms in total. The molecule has 0 aromatic rings. The molecule has 2 unspecified atom stereocenters. The van der Waals surface area contributed by atoms with Gasteiger partial charge in [-0.25, -0.2) is 0 Å². The van der Waals surface area contributed by atoms with Gasteiger partial charge in [0.25, 0.3) is 0 Å². The van der Waals surface area contributed by atoms with Crippen molar-refractivity contribution in [1.29, 1.82) is 0 Å². The molecule has 0 saturated heterocycles. The van der Waals surface area contributed by atoms with Crippen LogP contribution in [-0.4, -0.2) is 71.1 Å². The van der Waals surface area contributed by atoms with E-state index >= 15 is 0 Å². The summed E-state index contributed by atoms with van der Waals surface area (Å²) in [5.41, 5.74) is 0. The van der Waals surface area contributed by atoms with Crippen molar-refractivity contribution in [2.75, 3.05) is 32.7 Å². The smallest absolute Gasteiger partial charge is 0.304 e. The van der Waals surface area contributed by atoms with Gasteiger partial charge in [0, 0.05) is 32.7 Å². The molecule has 0 fully saturated rings. The number of carboxylic acids is 1. The summed E-state index contributed by atoms with van der Waals surface area (Å²) in [6, 6.07) is 0. The van der Waals surface area contributed by atoms with Crippen molar-refractivity contribution in [2.24, 2.45) is 0 Å². The predicted molar refractivity (Wildman–Crippen MR) is 92.5 cm³/mol. The molecular weight excluding hydrogens is 296 g/mol. The lowest BCUT2D eigenvalue weighted by Crippen LogP contribution is -2.40. The van der Waals surface area contributed by atoms with Crippen LogP contribution in [0.2, 0.25) is 0 Å². The molecule has 0 saturated carbocycles. The van der Waals surface area contributed by atoms with Crippen molar-refractivity contribution in [3.8, 4) is 0 Å². The lowest BCUT2D eigenvalue weighted by Gasteiger charge is -2.25. The number of nitrogens with zero attached hydrogens (tertiary/aromatic N) is 1. The number of aliphatic hydroxyl groups is 2. The van der Waals surface area contributed by atoms with Gasteiger partial charge in [-0.3, -0.25) is 9.69 Å². The van der Waals surface area contributed by atoms with Gasteiger partial charge in [-0.1, -0.05) is 25.8 Å². The number of carbonyl (C=O) groups is 1. The van der Waals surface area contributed by atoms with Crippen LogP contribution in [-0.2, 0) is 4.79 Å². The van der Waals surface area contributed by atoms with E-state index in [4.69, 9.17) is 5.11 Å². The Labute approximate surface area is 140 Å². The van der Waals surface area contributed by atoms with Crippen molar-refractivity contribution in [2.45, 2.75) is 57.7 Å². The van der Waals surface area contributed by atoms with Gasteiger partial charge in [0.2, 0.25) is 0 Å². The fourth-order valence-electron chi connectivity index (χ4n) is 2.30. The highest BCUT2D eigenvalue weighted by atomic mass is 16.4. The number of unbranched alkanes of at least 4 members (excludes halogenated alkanes) is 1. The van der Waals surface area contributed by atoms with E-state index in [1.165, 1.54) is 0 Å². The zero-order valence-corrected chi connectivity index (χ0v) is 14.4. The lowest BCUT2D eigenvalue weighted by atomic mass is 10.1. The standard InChI is InChI=1S/C17H34N2O4/c1-3-5-7-15(20)13-18-10-12-19(11-9-17(22)23)14-16(21)8-6-4-2/h3,15-16,18,20-21H,1,4-14H2,2H3,(H,22,23). The SMILES string of the molecule is C=CCCC(O)CNCCN(CCC(=O)O)CC(O)CCCC. The molecule has 0 spiro atoms. The Balaban J connectivity index is 4.04. The topological polar surface area (TPSA) is 93.0 Å². The highest BCUT2D eigenvalue weighted by Gasteiger charge is 2.13. The highest BCUT2D eigenvalue weighted by Crippen LogP contribution is 2.03. The molecule has 23 heavy (non-hydrogen) atoms. The first-order chi connectivity index (χ1) is 11.0. The molecule has 0 heterocycles. The van der Waals surface area contributed by atoms with Crippen LogP contribution in [0.4, 0.5) is 0 Å². The van der Waals surface area contributed by atoms with Crippen molar-refractivity contribution in [3.05, 3.63) is 12.7 Å². The minimum atomic E-state index is -0.828. The summed E-state index contributed by atoms with van der Waals surface area (Å²) in [6.07, 6.45) is 5.28. The van der Waals surface area contributed by atoms with Gasteiger partial charge in [0.05, 0.1) is 18.6 Å². The van der Waals surface area contributed by atoms with Crippen LogP contribution >= 0.6 is 0 Å². The normalized spacial score (nSPS) is 13.9. The number of allylic oxidation sites excluding steroid dienone is 1. The van der Waals surface area contributed by atoms with Crippen LogP contribution < -0.4 is 5.32 Å². The number of rotatable bonds is 16. The number of aliphatic carboxylic acids is 1. The van der Waals surface area contributed by atoms with Crippen molar-refractivity contribution in [3.63, 3.8) is 0 Å². The van der Waals surface area contributed by atoms with E-state index in [0.717, 1.165) is 25.7 Å². The van der Waals surface area contributed by atoms with Crippen molar-refractivity contribution >= 4 is 5.97 Å². The minimum Gasteiger partial charge on any atom is -0.481 e. The molecule has 0 radical (unpaired) electrons. The van der Waals surface area contributed by atoms with Gasteiger partial charge in [0.15, 0.2) is 0 Å². The molecule has 4 N–H and O–H groups in total. The van der Waals surface area contributed by atoms with Gasteiger partial charge in [-0.2, -0.15) is 0 Å². The summed E-state index contributed by atoms with van der Waals surface area (Å²) in [5, 5.41) is 31.7. The molecule has 0 aliphatic heterocycles. The first kappa shape index (κ1) is 22.1. The Morgan fingerprint density at radius 1 is 1.26 bits per heavy atom. The van der Waals surface area contributed by atoms with Gasteiger partial charge >= 0.3 is 5.97 Å². The average Bonchev–Trinajstić information content (AvgIpc) is 2.52. The third-order valence-corrected chi connectivity index (χ3v) is 3.69. The molecule has 0 aliphatic carbocycles. The predicted octanol–water partition coefficient (Wildman–Crippen LogP) is 1.23. The number of hydrogen-bond acceptors (Lipinski definition) is 5. The van der Waals surface area contributed by atoms with E-state index in [2.05, 4.69) is 18.8 Å². The van der Waals surface area contributed by atoms with E-state index in [0.29, 0.717) is 39.1 Å². The summed E-state index contributed by atoms with van der Waals surface area (Å²) in [5.74, 6) is -0.828. The average molecular weight is 330 g/mol. The molecule has 0 bridgehead atoms. The number of aliphatic hydroxyl groups excluding tert-OH is 2. The van der Waals surface area contributed by atoms with Crippen LogP contribution in [0.15, 0.2) is 12.7 Å². The van der Waals surface area contributed by atoms with E-state index in [1.54, 1.807) is 6.08 Å². The summed E-state index contributed by atoms with van der Waals surface area (Å²) in [6.45, 7) is 8.46. The second-order valence-electron chi connectivity index (χ2n) is 5.96. The minimum absolute atomic E-state index is 0.0719. The lowest BCUT2D eigenvalue weighted by molar-refractivity contribution is -0.137. The van der Waals surface area contributed by atoms with E-state index < -0.39 is 18.2 Å². The highest BCUT2D eigenvalue weighted by molar-refractivity contribution is 5.66. The van der Waals surface area contributed by atoms with Crippen LogP contribution in [0.5, 0.6) is 0 Å². The Morgan fingerprint density at radius 2 is 2.00 bits per heavy atom. The maximum absolute atomic E-state index is 10.7. The maximum Gasteiger partial charge on any atom is 0.304 e. The number of hydrogen-bond donors (Lipinski definition) is 4. The van der Waals surface area contributed by atoms with Gasteiger partial charge in [0.1, 0.15) is 0 Å². The van der Waals surface area contributed by atoms with E-state index in [9.17, 15) is 15.0 Å². The molecule has 136 valence electrons.